The summed E-state index contributed by atoms with van der Waals surface area (Å²) in [6.45, 7) is 1.94. The molecule has 1 aliphatic rings. The number of anilines is 1. The second-order valence-corrected chi connectivity index (χ2v) is 3.35. The van der Waals surface area contributed by atoms with Crippen LogP contribution in [0.1, 0.15) is 12.5 Å². The SMILES string of the molecule is CC1(O)CN(O)c2ccccc21. The van der Waals surface area contributed by atoms with E-state index in [1.165, 1.54) is 0 Å². The third kappa shape index (κ3) is 0.906. The Kier molecular flexibility index (Phi) is 1.40. The third-order valence-corrected chi connectivity index (χ3v) is 2.22. The molecule has 1 aliphatic heterocycles. The maximum Gasteiger partial charge on any atom is 0.109 e. The summed E-state index contributed by atoms with van der Waals surface area (Å²) in [5.41, 5.74) is 0.556. The Hall–Kier alpha value is -1.06. The van der Waals surface area contributed by atoms with Gasteiger partial charge in [0, 0.05) is 5.56 Å². The van der Waals surface area contributed by atoms with Crippen molar-refractivity contribution < 1.29 is 10.3 Å². The normalized spacial score (nSPS) is 27.4. The smallest absolute Gasteiger partial charge is 0.109 e. The first-order valence-corrected chi connectivity index (χ1v) is 3.89. The quantitative estimate of drug-likeness (QED) is 0.605. The first-order valence-electron chi connectivity index (χ1n) is 3.89. The van der Waals surface area contributed by atoms with E-state index < -0.39 is 5.60 Å². The molecule has 0 saturated carbocycles. The molecular formula is C9H11NO2. The van der Waals surface area contributed by atoms with Crippen LogP contribution in [0.3, 0.4) is 0 Å². The lowest BCUT2D eigenvalue weighted by Gasteiger charge is -2.15. The number of para-hydroxylation sites is 1. The van der Waals surface area contributed by atoms with Gasteiger partial charge in [0.1, 0.15) is 5.60 Å². The molecule has 1 atom stereocenters. The fraction of sp³-hybridized carbons (Fsp3) is 0.333. The molecule has 2 rings (SSSR count). The van der Waals surface area contributed by atoms with Gasteiger partial charge in [-0.3, -0.25) is 10.3 Å². The Morgan fingerprint density at radius 2 is 2.08 bits per heavy atom. The summed E-state index contributed by atoms with van der Waals surface area (Å²) < 4.78 is 0. The van der Waals surface area contributed by atoms with Gasteiger partial charge in [0.2, 0.25) is 0 Å². The molecule has 0 fully saturated rings. The summed E-state index contributed by atoms with van der Waals surface area (Å²) in [7, 11) is 0. The zero-order chi connectivity index (χ0) is 8.77. The average Bonchev–Trinajstić information content (AvgIpc) is 2.25. The highest BCUT2D eigenvalue weighted by Gasteiger charge is 2.36. The van der Waals surface area contributed by atoms with Gasteiger partial charge < -0.3 is 5.11 Å². The molecule has 1 unspecified atom stereocenters. The lowest BCUT2D eigenvalue weighted by Crippen LogP contribution is -2.28. The van der Waals surface area contributed by atoms with Crippen LogP contribution in [0.5, 0.6) is 0 Å². The van der Waals surface area contributed by atoms with Crippen molar-refractivity contribution in [2.24, 2.45) is 0 Å². The summed E-state index contributed by atoms with van der Waals surface area (Å²) in [5, 5.41) is 20.3. The van der Waals surface area contributed by atoms with Crippen molar-refractivity contribution >= 4 is 5.69 Å². The van der Waals surface area contributed by atoms with Crippen molar-refractivity contribution in [1.29, 1.82) is 0 Å². The highest BCUT2D eigenvalue weighted by molar-refractivity contribution is 5.58. The van der Waals surface area contributed by atoms with Crippen LogP contribution in [0.15, 0.2) is 24.3 Å². The topological polar surface area (TPSA) is 43.7 Å². The van der Waals surface area contributed by atoms with Crippen LogP contribution in [0.25, 0.3) is 0 Å². The summed E-state index contributed by atoms with van der Waals surface area (Å²) in [5.74, 6) is 0. The average molecular weight is 165 g/mol. The first-order chi connectivity index (χ1) is 5.61. The van der Waals surface area contributed by atoms with Gasteiger partial charge in [-0.25, -0.2) is 0 Å². The van der Waals surface area contributed by atoms with Crippen molar-refractivity contribution in [2.75, 3.05) is 11.6 Å². The molecule has 0 amide bonds. The predicted octanol–water partition coefficient (Wildman–Crippen LogP) is 1.10. The van der Waals surface area contributed by atoms with Crippen LogP contribution in [0.4, 0.5) is 5.69 Å². The van der Waals surface area contributed by atoms with Gasteiger partial charge in [-0.05, 0) is 13.0 Å². The van der Waals surface area contributed by atoms with Crippen LogP contribution < -0.4 is 5.06 Å². The molecule has 0 radical (unpaired) electrons. The molecular weight excluding hydrogens is 154 g/mol. The number of rotatable bonds is 0. The number of fused-ring (bicyclic) bond motifs is 1. The molecule has 0 aliphatic carbocycles. The van der Waals surface area contributed by atoms with E-state index in [4.69, 9.17) is 0 Å². The van der Waals surface area contributed by atoms with Gasteiger partial charge in [-0.1, -0.05) is 18.2 Å². The second-order valence-electron chi connectivity index (χ2n) is 3.35. The zero-order valence-corrected chi connectivity index (χ0v) is 6.86. The highest BCUT2D eigenvalue weighted by atomic mass is 16.5. The molecule has 3 nitrogen and oxygen atoms in total. The summed E-state index contributed by atoms with van der Waals surface area (Å²) >= 11 is 0. The number of hydrogen-bond donors (Lipinski definition) is 2. The minimum atomic E-state index is -0.925. The van der Waals surface area contributed by atoms with E-state index in [1.54, 1.807) is 13.0 Å². The minimum Gasteiger partial charge on any atom is -0.383 e. The van der Waals surface area contributed by atoms with Crippen LogP contribution in [-0.2, 0) is 5.60 Å². The number of hydrogen-bond acceptors (Lipinski definition) is 3. The van der Waals surface area contributed by atoms with Crippen LogP contribution >= 0.6 is 0 Å². The molecule has 0 saturated heterocycles. The molecule has 1 heterocycles. The predicted molar refractivity (Wildman–Crippen MR) is 45.1 cm³/mol. The van der Waals surface area contributed by atoms with Crippen molar-refractivity contribution in [2.45, 2.75) is 12.5 Å². The Morgan fingerprint density at radius 3 is 2.75 bits per heavy atom. The first kappa shape index (κ1) is 7.58. The monoisotopic (exact) mass is 165 g/mol. The van der Waals surface area contributed by atoms with Gasteiger partial charge in [0.15, 0.2) is 0 Å². The third-order valence-electron chi connectivity index (χ3n) is 2.22. The van der Waals surface area contributed by atoms with E-state index in [9.17, 15) is 10.3 Å². The largest absolute Gasteiger partial charge is 0.383 e. The van der Waals surface area contributed by atoms with E-state index in [2.05, 4.69) is 0 Å². The number of benzene rings is 1. The molecule has 1 aromatic carbocycles. The van der Waals surface area contributed by atoms with Crippen molar-refractivity contribution in [3.05, 3.63) is 29.8 Å². The van der Waals surface area contributed by atoms with Crippen molar-refractivity contribution in [3.8, 4) is 0 Å². The maximum atomic E-state index is 9.82. The maximum absolute atomic E-state index is 9.82. The standard InChI is InChI=1S/C9H11NO2/c1-9(11)6-10(12)8-5-3-2-4-7(8)9/h2-5,11-12H,6H2,1H3. The van der Waals surface area contributed by atoms with Crippen LogP contribution in [-0.4, -0.2) is 16.9 Å². The molecule has 2 N–H and O–H groups in total. The molecule has 1 aromatic rings. The van der Waals surface area contributed by atoms with Crippen molar-refractivity contribution in [1.82, 2.24) is 0 Å². The zero-order valence-electron chi connectivity index (χ0n) is 6.86. The lowest BCUT2D eigenvalue weighted by molar-refractivity contribution is 0.0574. The number of aliphatic hydroxyl groups is 1. The molecule has 12 heavy (non-hydrogen) atoms. The van der Waals surface area contributed by atoms with Crippen molar-refractivity contribution in [3.63, 3.8) is 0 Å². The lowest BCUT2D eigenvalue weighted by atomic mass is 9.99. The molecule has 0 aromatic heterocycles. The van der Waals surface area contributed by atoms with E-state index in [0.29, 0.717) is 5.69 Å². The van der Waals surface area contributed by atoms with Gasteiger partial charge in [0.25, 0.3) is 0 Å². The Balaban J connectivity index is 2.58. The van der Waals surface area contributed by atoms with Gasteiger partial charge in [-0.15, -0.1) is 0 Å². The Bertz CT molecular complexity index is 309. The Labute approximate surface area is 70.8 Å². The van der Waals surface area contributed by atoms with Crippen LogP contribution in [0.2, 0.25) is 0 Å². The molecule has 3 heteroatoms. The van der Waals surface area contributed by atoms with E-state index in [0.717, 1.165) is 10.6 Å². The minimum absolute atomic E-state index is 0.242. The Morgan fingerprint density at radius 1 is 1.42 bits per heavy atom. The fourth-order valence-corrected chi connectivity index (χ4v) is 1.62. The van der Waals surface area contributed by atoms with Gasteiger partial charge >= 0.3 is 0 Å². The number of β-amino-alcohol motifs (C(OH)–C–C–N with tert-alkyl or cyclic N) is 1. The van der Waals surface area contributed by atoms with E-state index in [-0.39, 0.29) is 6.54 Å². The molecule has 64 valence electrons. The van der Waals surface area contributed by atoms with Gasteiger partial charge in [0.05, 0.1) is 12.2 Å². The van der Waals surface area contributed by atoms with Crippen LogP contribution in [0, 0.1) is 0 Å². The van der Waals surface area contributed by atoms with E-state index in [1.807, 2.05) is 18.2 Å². The summed E-state index contributed by atoms with van der Waals surface area (Å²) in [4.78, 5) is 0. The van der Waals surface area contributed by atoms with Gasteiger partial charge in [-0.2, -0.15) is 0 Å². The number of nitrogens with zero attached hydrogens (tertiary/aromatic N) is 1. The highest BCUT2D eigenvalue weighted by Crippen LogP contribution is 2.37. The fourth-order valence-electron chi connectivity index (χ4n) is 1.62. The van der Waals surface area contributed by atoms with E-state index >= 15 is 0 Å². The molecule has 0 spiro atoms. The summed E-state index contributed by atoms with van der Waals surface area (Å²) in [6, 6.07) is 7.30. The second kappa shape index (κ2) is 2.21. The number of hydroxylamine groups is 1. The summed E-state index contributed by atoms with van der Waals surface area (Å²) in [6.07, 6.45) is 0. The molecule has 0 bridgehead atoms.